The first-order valence-electron chi connectivity index (χ1n) is 9.69. The summed E-state index contributed by atoms with van der Waals surface area (Å²) in [4.78, 5) is 5.47. The summed E-state index contributed by atoms with van der Waals surface area (Å²) in [7, 11) is 0. The molecule has 4 aromatic rings. The molecule has 2 aromatic heterocycles. The monoisotopic (exact) mass is 423 g/mol. The van der Waals surface area contributed by atoms with Crippen molar-refractivity contribution in [1.82, 2.24) is 4.98 Å². The van der Waals surface area contributed by atoms with E-state index in [4.69, 9.17) is 20.9 Å². The standard InChI is InChI=1S/C23H22FN3O2S/c24-18-13-16(26)5-8-20(18)29-21-9-11-27-19-14-22(30-23(19)21)15-3-6-17(7-4-15)28-12-2-1-10-25/h3-9,11,13-14H,1-2,10,12,25-26H2. The van der Waals surface area contributed by atoms with Gasteiger partial charge in [-0.15, -0.1) is 11.3 Å². The van der Waals surface area contributed by atoms with E-state index >= 15 is 0 Å². The first-order valence-corrected chi connectivity index (χ1v) is 10.5. The fraction of sp³-hybridized carbons (Fsp3) is 0.174. The van der Waals surface area contributed by atoms with Gasteiger partial charge < -0.3 is 20.9 Å². The lowest BCUT2D eigenvalue weighted by Gasteiger charge is -2.08. The van der Waals surface area contributed by atoms with Gasteiger partial charge >= 0.3 is 0 Å². The van der Waals surface area contributed by atoms with Crippen LogP contribution in [0.25, 0.3) is 20.7 Å². The van der Waals surface area contributed by atoms with Crippen LogP contribution < -0.4 is 20.9 Å². The van der Waals surface area contributed by atoms with Gasteiger partial charge in [-0.3, -0.25) is 4.98 Å². The number of aromatic nitrogens is 1. The maximum Gasteiger partial charge on any atom is 0.167 e. The van der Waals surface area contributed by atoms with Gasteiger partial charge in [0.05, 0.1) is 16.8 Å². The first kappa shape index (κ1) is 20.1. The molecular formula is C23H22FN3O2S. The largest absolute Gasteiger partial charge is 0.494 e. The Labute approximate surface area is 178 Å². The van der Waals surface area contributed by atoms with E-state index in [1.165, 1.54) is 12.1 Å². The Kier molecular flexibility index (Phi) is 6.11. The number of nitrogens with zero attached hydrogens (tertiary/aromatic N) is 1. The van der Waals surface area contributed by atoms with Crippen LogP contribution in [-0.4, -0.2) is 18.1 Å². The van der Waals surface area contributed by atoms with Crippen LogP contribution in [0.5, 0.6) is 17.2 Å². The van der Waals surface area contributed by atoms with Gasteiger partial charge in [-0.2, -0.15) is 0 Å². The SMILES string of the molecule is NCCCCOc1ccc(-c2cc3nccc(Oc4ccc(N)cc4F)c3s2)cc1. The minimum atomic E-state index is -0.501. The van der Waals surface area contributed by atoms with E-state index in [-0.39, 0.29) is 5.75 Å². The summed E-state index contributed by atoms with van der Waals surface area (Å²) >= 11 is 1.55. The number of benzene rings is 2. The number of rotatable bonds is 8. The van der Waals surface area contributed by atoms with Crippen LogP contribution in [0.1, 0.15) is 12.8 Å². The Balaban J connectivity index is 1.56. The number of anilines is 1. The third-order valence-corrected chi connectivity index (χ3v) is 5.75. The second-order valence-electron chi connectivity index (χ2n) is 6.79. The lowest BCUT2D eigenvalue weighted by atomic mass is 10.2. The summed E-state index contributed by atoms with van der Waals surface area (Å²) in [5.41, 5.74) is 13.3. The molecular weight excluding hydrogens is 401 g/mol. The zero-order valence-corrected chi connectivity index (χ0v) is 17.1. The number of hydrogen-bond donors (Lipinski definition) is 2. The Morgan fingerprint density at radius 1 is 0.967 bits per heavy atom. The van der Waals surface area contributed by atoms with Gasteiger partial charge in [0.15, 0.2) is 11.6 Å². The molecule has 0 aliphatic heterocycles. The average Bonchev–Trinajstić information content (AvgIpc) is 3.19. The highest BCUT2D eigenvalue weighted by Crippen LogP contribution is 2.40. The third-order valence-electron chi connectivity index (χ3n) is 4.56. The van der Waals surface area contributed by atoms with E-state index in [0.717, 1.165) is 39.2 Å². The summed E-state index contributed by atoms with van der Waals surface area (Å²) in [6, 6.07) is 16.1. The van der Waals surface area contributed by atoms with Crippen LogP contribution in [0.4, 0.5) is 10.1 Å². The molecule has 0 fully saturated rings. The van der Waals surface area contributed by atoms with Crippen molar-refractivity contribution in [3.8, 4) is 27.7 Å². The second kappa shape index (κ2) is 9.11. The maximum absolute atomic E-state index is 14.1. The smallest absolute Gasteiger partial charge is 0.167 e. The number of ether oxygens (including phenoxy) is 2. The molecule has 0 amide bonds. The highest BCUT2D eigenvalue weighted by molar-refractivity contribution is 7.22. The molecule has 7 heteroatoms. The number of fused-ring (bicyclic) bond motifs is 1. The molecule has 0 aliphatic rings. The summed E-state index contributed by atoms with van der Waals surface area (Å²) in [5.74, 6) is 1.01. The van der Waals surface area contributed by atoms with Crippen LogP contribution in [-0.2, 0) is 0 Å². The quantitative estimate of drug-likeness (QED) is 0.285. The first-order chi connectivity index (χ1) is 14.6. The lowest BCUT2D eigenvalue weighted by Crippen LogP contribution is -2.03. The molecule has 0 atom stereocenters. The highest BCUT2D eigenvalue weighted by atomic mass is 32.1. The molecule has 0 unspecified atom stereocenters. The molecule has 5 nitrogen and oxygen atoms in total. The van der Waals surface area contributed by atoms with Gasteiger partial charge in [-0.25, -0.2) is 4.39 Å². The Bertz CT molecular complexity index is 1150. The predicted octanol–water partition coefficient (Wildman–Crippen LogP) is 5.59. The molecule has 30 heavy (non-hydrogen) atoms. The molecule has 0 bridgehead atoms. The maximum atomic E-state index is 14.1. The summed E-state index contributed by atoms with van der Waals surface area (Å²) in [5, 5.41) is 0. The van der Waals surface area contributed by atoms with Gasteiger partial charge in [0.25, 0.3) is 0 Å². The third kappa shape index (κ3) is 4.53. The highest BCUT2D eigenvalue weighted by Gasteiger charge is 2.13. The van der Waals surface area contributed by atoms with Gasteiger partial charge in [0.1, 0.15) is 11.5 Å². The van der Waals surface area contributed by atoms with Crippen LogP contribution in [0.2, 0.25) is 0 Å². The minimum Gasteiger partial charge on any atom is -0.494 e. The zero-order chi connectivity index (χ0) is 20.9. The van der Waals surface area contributed by atoms with Crippen molar-refractivity contribution < 1.29 is 13.9 Å². The van der Waals surface area contributed by atoms with Gasteiger partial charge in [-0.1, -0.05) is 0 Å². The van der Waals surface area contributed by atoms with Crippen LogP contribution in [0, 0.1) is 5.82 Å². The molecule has 0 radical (unpaired) electrons. The van der Waals surface area contributed by atoms with Crippen molar-refractivity contribution in [2.45, 2.75) is 12.8 Å². The Hall–Kier alpha value is -3.16. The van der Waals surface area contributed by atoms with Crippen molar-refractivity contribution in [3.63, 3.8) is 0 Å². The number of nitrogen functional groups attached to an aromatic ring is 1. The van der Waals surface area contributed by atoms with E-state index in [9.17, 15) is 4.39 Å². The lowest BCUT2D eigenvalue weighted by molar-refractivity contribution is 0.308. The zero-order valence-electron chi connectivity index (χ0n) is 16.3. The molecule has 2 heterocycles. The number of hydrogen-bond acceptors (Lipinski definition) is 6. The van der Waals surface area contributed by atoms with Gasteiger partial charge in [0.2, 0.25) is 0 Å². The van der Waals surface area contributed by atoms with Crippen LogP contribution in [0.3, 0.4) is 0 Å². The molecule has 0 saturated heterocycles. The molecule has 154 valence electrons. The second-order valence-corrected chi connectivity index (χ2v) is 7.85. The van der Waals surface area contributed by atoms with Gasteiger partial charge in [0, 0.05) is 28.9 Å². The molecule has 2 aromatic carbocycles. The fourth-order valence-electron chi connectivity index (χ4n) is 3.01. The van der Waals surface area contributed by atoms with Crippen LogP contribution in [0.15, 0.2) is 60.8 Å². The normalized spacial score (nSPS) is 11.0. The minimum absolute atomic E-state index is 0.128. The van der Waals surface area contributed by atoms with Crippen molar-refractivity contribution in [1.29, 1.82) is 0 Å². The van der Waals surface area contributed by atoms with E-state index in [1.807, 2.05) is 30.3 Å². The van der Waals surface area contributed by atoms with Crippen molar-refractivity contribution >= 4 is 27.2 Å². The summed E-state index contributed by atoms with van der Waals surface area (Å²) in [6.45, 7) is 1.34. The van der Waals surface area contributed by atoms with Crippen molar-refractivity contribution in [3.05, 3.63) is 66.6 Å². The predicted molar refractivity (Wildman–Crippen MR) is 120 cm³/mol. The fourth-order valence-corrected chi connectivity index (χ4v) is 4.08. The number of pyridine rings is 1. The Morgan fingerprint density at radius 2 is 1.80 bits per heavy atom. The molecule has 4 N–H and O–H groups in total. The van der Waals surface area contributed by atoms with Crippen molar-refractivity contribution in [2.75, 3.05) is 18.9 Å². The van der Waals surface area contributed by atoms with Crippen LogP contribution >= 0.6 is 11.3 Å². The van der Waals surface area contributed by atoms with E-state index < -0.39 is 5.82 Å². The molecule has 0 aliphatic carbocycles. The van der Waals surface area contributed by atoms with Crippen molar-refractivity contribution in [2.24, 2.45) is 5.73 Å². The number of halogens is 1. The summed E-state index contributed by atoms with van der Waals surface area (Å²) in [6.07, 6.45) is 3.55. The van der Waals surface area contributed by atoms with E-state index in [2.05, 4.69) is 4.98 Å². The topological polar surface area (TPSA) is 83.4 Å². The number of thiophene rings is 1. The number of unbranched alkanes of at least 4 members (excludes halogenated alkanes) is 1. The Morgan fingerprint density at radius 3 is 2.57 bits per heavy atom. The number of nitrogens with two attached hydrogens (primary N) is 2. The summed E-state index contributed by atoms with van der Waals surface area (Å²) < 4.78 is 26.5. The molecule has 4 rings (SSSR count). The van der Waals surface area contributed by atoms with E-state index in [0.29, 0.717) is 24.6 Å². The average molecular weight is 424 g/mol. The molecule has 0 spiro atoms. The van der Waals surface area contributed by atoms with Gasteiger partial charge in [-0.05, 0) is 67.4 Å². The molecule has 0 saturated carbocycles. The van der Waals surface area contributed by atoms with E-state index in [1.54, 1.807) is 29.7 Å².